The molecule has 1 nitrogen and oxygen atoms in total. The molecule has 3 heteroatoms. The predicted octanol–water partition coefficient (Wildman–Crippen LogP) is 5.82. The van der Waals surface area contributed by atoms with Crippen LogP contribution in [0.2, 0.25) is 19.6 Å². The summed E-state index contributed by atoms with van der Waals surface area (Å²) in [6.45, 7) is 6.81. The number of ketones is 1. The van der Waals surface area contributed by atoms with Gasteiger partial charge < -0.3 is 0 Å². The summed E-state index contributed by atoms with van der Waals surface area (Å²) >= 11 is 3.75. The van der Waals surface area contributed by atoms with Crippen LogP contribution in [0.1, 0.15) is 37.7 Å². The maximum atomic E-state index is 13.1. The average molecular weight is 365 g/mol. The molecule has 0 atom stereocenters. The SMILES string of the molecule is C[Si](C)(C)/C(C(=O)C1CCCCC1)=C(/Br)c1ccccc1. The van der Waals surface area contributed by atoms with Crippen molar-refractivity contribution in [2.45, 2.75) is 51.7 Å². The Hall–Kier alpha value is -0.673. The number of benzene rings is 1. The second-order valence-corrected chi connectivity index (χ2v) is 12.8. The van der Waals surface area contributed by atoms with Crippen LogP contribution in [0.4, 0.5) is 0 Å². The largest absolute Gasteiger partial charge is 0.295 e. The highest BCUT2D eigenvalue weighted by atomic mass is 79.9. The lowest BCUT2D eigenvalue weighted by Crippen LogP contribution is -2.34. The monoisotopic (exact) mass is 364 g/mol. The zero-order valence-electron chi connectivity index (χ0n) is 13.3. The first-order valence-electron chi connectivity index (χ1n) is 7.91. The van der Waals surface area contributed by atoms with Crippen LogP contribution >= 0.6 is 15.9 Å². The van der Waals surface area contributed by atoms with Crippen molar-refractivity contribution in [1.82, 2.24) is 0 Å². The van der Waals surface area contributed by atoms with E-state index in [4.69, 9.17) is 0 Å². The normalized spacial score (nSPS) is 18.3. The van der Waals surface area contributed by atoms with E-state index in [1.807, 2.05) is 18.2 Å². The molecule has 0 aromatic heterocycles. The van der Waals surface area contributed by atoms with Crippen LogP contribution in [0.3, 0.4) is 0 Å². The Balaban J connectivity index is 2.41. The van der Waals surface area contributed by atoms with Gasteiger partial charge in [0.15, 0.2) is 5.78 Å². The number of rotatable bonds is 4. The summed E-state index contributed by atoms with van der Waals surface area (Å²) in [5.41, 5.74) is 1.12. The van der Waals surface area contributed by atoms with Gasteiger partial charge in [0.25, 0.3) is 0 Å². The molecule has 0 heterocycles. The van der Waals surface area contributed by atoms with Crippen molar-refractivity contribution < 1.29 is 4.79 Å². The third kappa shape index (κ3) is 4.16. The number of hydrogen-bond acceptors (Lipinski definition) is 1. The minimum absolute atomic E-state index is 0.247. The molecule has 1 aliphatic rings. The second-order valence-electron chi connectivity index (χ2n) is 7.00. The number of hydrogen-bond donors (Lipinski definition) is 0. The fraction of sp³-hybridized carbons (Fsp3) is 0.500. The topological polar surface area (TPSA) is 17.1 Å². The Bertz CT molecular complexity index is 522. The number of allylic oxidation sites excluding steroid dienone is 1. The summed E-state index contributed by atoms with van der Waals surface area (Å²) in [5.74, 6) is 0.654. The van der Waals surface area contributed by atoms with Gasteiger partial charge in [0, 0.05) is 10.4 Å². The smallest absolute Gasteiger partial charge is 0.159 e. The molecule has 1 aliphatic carbocycles. The second kappa shape index (κ2) is 7.06. The van der Waals surface area contributed by atoms with E-state index in [-0.39, 0.29) is 5.92 Å². The summed E-state index contributed by atoms with van der Waals surface area (Å²) in [4.78, 5) is 13.1. The highest BCUT2D eigenvalue weighted by molar-refractivity contribution is 9.15. The van der Waals surface area contributed by atoms with Crippen LogP contribution in [0, 0.1) is 5.92 Å². The molecule has 1 saturated carbocycles. The Kier molecular flexibility index (Phi) is 5.61. The molecule has 0 N–H and O–H groups in total. The highest BCUT2D eigenvalue weighted by Gasteiger charge is 2.33. The zero-order valence-corrected chi connectivity index (χ0v) is 15.9. The Labute approximate surface area is 138 Å². The first-order chi connectivity index (χ1) is 9.91. The van der Waals surface area contributed by atoms with Gasteiger partial charge in [0.05, 0.1) is 8.07 Å². The molecule has 114 valence electrons. The molecule has 21 heavy (non-hydrogen) atoms. The first-order valence-corrected chi connectivity index (χ1v) is 12.2. The van der Waals surface area contributed by atoms with Crippen molar-refractivity contribution in [3.63, 3.8) is 0 Å². The summed E-state index contributed by atoms with van der Waals surface area (Å²) in [5, 5.41) is 1.08. The Morgan fingerprint density at radius 2 is 1.62 bits per heavy atom. The molecule has 2 rings (SSSR count). The van der Waals surface area contributed by atoms with Crippen molar-refractivity contribution >= 4 is 34.3 Å². The molecule has 0 bridgehead atoms. The molecule has 0 aliphatic heterocycles. The molecule has 1 aromatic rings. The molecule has 0 amide bonds. The van der Waals surface area contributed by atoms with Gasteiger partial charge in [-0.25, -0.2) is 0 Å². The minimum atomic E-state index is -1.70. The summed E-state index contributed by atoms with van der Waals surface area (Å²) in [7, 11) is -1.70. The zero-order chi connectivity index (χ0) is 15.5. The van der Waals surface area contributed by atoms with Gasteiger partial charge in [-0.3, -0.25) is 4.79 Å². The maximum Gasteiger partial charge on any atom is 0.159 e. The van der Waals surface area contributed by atoms with Crippen molar-refractivity contribution in [2.24, 2.45) is 5.92 Å². The third-order valence-corrected chi connectivity index (χ3v) is 7.44. The van der Waals surface area contributed by atoms with E-state index in [0.29, 0.717) is 5.78 Å². The quantitative estimate of drug-likeness (QED) is 0.485. The Morgan fingerprint density at radius 3 is 2.14 bits per heavy atom. The lowest BCUT2D eigenvalue weighted by atomic mass is 9.86. The fourth-order valence-corrected chi connectivity index (χ4v) is 7.09. The number of halogens is 1. The third-order valence-electron chi connectivity index (χ3n) is 4.22. The fourth-order valence-electron chi connectivity index (χ4n) is 3.10. The van der Waals surface area contributed by atoms with Gasteiger partial charge in [-0.2, -0.15) is 0 Å². The van der Waals surface area contributed by atoms with Gasteiger partial charge in [-0.1, -0.05) is 85.2 Å². The number of carbonyl (C=O) groups excluding carboxylic acids is 1. The van der Waals surface area contributed by atoms with E-state index >= 15 is 0 Å². The van der Waals surface area contributed by atoms with Gasteiger partial charge in [-0.15, -0.1) is 0 Å². The van der Waals surface area contributed by atoms with Crippen LogP contribution in [-0.2, 0) is 4.79 Å². The van der Waals surface area contributed by atoms with Crippen molar-refractivity contribution in [3.8, 4) is 0 Å². The van der Waals surface area contributed by atoms with E-state index in [0.717, 1.165) is 28.1 Å². The average Bonchev–Trinajstić information content (AvgIpc) is 2.47. The molecule has 0 spiro atoms. The van der Waals surface area contributed by atoms with E-state index in [1.165, 1.54) is 19.3 Å². The molecule has 0 unspecified atom stereocenters. The number of carbonyl (C=O) groups is 1. The molecule has 0 radical (unpaired) electrons. The Morgan fingerprint density at radius 1 is 1.05 bits per heavy atom. The lowest BCUT2D eigenvalue weighted by molar-refractivity contribution is -0.119. The van der Waals surface area contributed by atoms with Crippen LogP contribution in [-0.4, -0.2) is 13.9 Å². The molecular weight excluding hydrogens is 340 g/mol. The van der Waals surface area contributed by atoms with Crippen LogP contribution in [0.5, 0.6) is 0 Å². The van der Waals surface area contributed by atoms with E-state index < -0.39 is 8.07 Å². The summed E-state index contributed by atoms with van der Waals surface area (Å²) in [6.07, 6.45) is 5.84. The highest BCUT2D eigenvalue weighted by Crippen LogP contribution is 2.36. The predicted molar refractivity (Wildman–Crippen MR) is 97.2 cm³/mol. The van der Waals surface area contributed by atoms with E-state index in [1.54, 1.807) is 0 Å². The summed E-state index contributed by atoms with van der Waals surface area (Å²) < 4.78 is 1.03. The molecule has 1 aromatic carbocycles. The van der Waals surface area contributed by atoms with Gasteiger partial charge in [0.1, 0.15) is 0 Å². The first kappa shape index (κ1) is 16.7. The van der Waals surface area contributed by atoms with Gasteiger partial charge in [-0.05, 0) is 23.6 Å². The van der Waals surface area contributed by atoms with Crippen molar-refractivity contribution in [2.75, 3.05) is 0 Å². The molecular formula is C18H25BrOSi. The molecule has 1 fully saturated rings. The summed E-state index contributed by atoms with van der Waals surface area (Å²) in [6, 6.07) is 10.2. The number of Topliss-reactive ketones (excluding diaryl/α,β-unsaturated/α-hetero) is 1. The van der Waals surface area contributed by atoms with Gasteiger partial charge in [0.2, 0.25) is 0 Å². The molecule has 0 saturated heterocycles. The van der Waals surface area contributed by atoms with Crippen LogP contribution in [0.15, 0.2) is 35.5 Å². The van der Waals surface area contributed by atoms with Crippen molar-refractivity contribution in [1.29, 1.82) is 0 Å². The standard InChI is InChI=1S/C18H25BrOSi/c1-21(2,3)18(16(19)14-10-6-4-7-11-14)17(20)15-12-8-5-9-13-15/h4,6-7,10-11,15H,5,8-9,12-13H2,1-3H3/b18-16+. The minimum Gasteiger partial charge on any atom is -0.295 e. The maximum absolute atomic E-state index is 13.1. The van der Waals surface area contributed by atoms with Gasteiger partial charge >= 0.3 is 0 Å². The lowest BCUT2D eigenvalue weighted by Gasteiger charge is -2.28. The van der Waals surface area contributed by atoms with E-state index in [2.05, 4.69) is 47.7 Å². The van der Waals surface area contributed by atoms with Crippen LogP contribution < -0.4 is 0 Å². The van der Waals surface area contributed by atoms with Crippen LogP contribution in [0.25, 0.3) is 4.48 Å². The van der Waals surface area contributed by atoms with E-state index in [9.17, 15) is 4.79 Å². The van der Waals surface area contributed by atoms with Crippen molar-refractivity contribution in [3.05, 3.63) is 41.1 Å².